The number of benzene rings is 1. The fraction of sp³-hybridized carbons (Fsp3) is 0.200. The minimum absolute atomic E-state index is 0.150. The number of thiophene rings is 1. The fourth-order valence-corrected chi connectivity index (χ4v) is 2.99. The summed E-state index contributed by atoms with van der Waals surface area (Å²) in [6.45, 7) is 0.333. The van der Waals surface area contributed by atoms with E-state index in [-0.39, 0.29) is 16.7 Å². The van der Waals surface area contributed by atoms with Gasteiger partial charge < -0.3 is 15.2 Å². The molecule has 1 unspecified atom stereocenters. The van der Waals surface area contributed by atoms with E-state index in [1.807, 2.05) is 24.3 Å². The Kier molecular flexibility index (Phi) is 3.62. The van der Waals surface area contributed by atoms with Crippen LogP contribution in [0.3, 0.4) is 0 Å². The third-order valence-electron chi connectivity index (χ3n) is 3.31. The summed E-state index contributed by atoms with van der Waals surface area (Å²) in [6, 6.07) is 10.7. The first-order chi connectivity index (χ1) is 10.1. The Morgan fingerprint density at radius 2 is 2.05 bits per heavy atom. The number of para-hydroxylation sites is 1. The average Bonchev–Trinajstić information content (AvgIpc) is 2.95. The lowest BCUT2D eigenvalue weighted by atomic mass is 9.96. The van der Waals surface area contributed by atoms with E-state index in [0.29, 0.717) is 18.0 Å². The lowest BCUT2D eigenvalue weighted by Crippen LogP contribution is -2.32. The number of fused-ring (bicyclic) bond motifs is 1. The SMILES string of the molecule is O=C(O)c1ccc(NC(=O)C2COc3ccccc3C2)s1. The molecule has 1 aliphatic heterocycles. The molecule has 0 saturated carbocycles. The molecule has 0 bridgehead atoms. The molecular weight excluding hydrogens is 290 g/mol. The zero-order chi connectivity index (χ0) is 14.8. The number of carbonyl (C=O) groups excluding carboxylic acids is 1. The van der Waals surface area contributed by atoms with Gasteiger partial charge in [-0.05, 0) is 30.2 Å². The summed E-state index contributed by atoms with van der Waals surface area (Å²) < 4.78 is 5.59. The van der Waals surface area contributed by atoms with Gasteiger partial charge in [-0.15, -0.1) is 11.3 Å². The van der Waals surface area contributed by atoms with Crippen molar-refractivity contribution in [1.29, 1.82) is 0 Å². The Bertz CT molecular complexity index is 694. The number of carboxylic acid groups (broad SMARTS) is 1. The number of carboxylic acids is 1. The molecule has 0 spiro atoms. The summed E-state index contributed by atoms with van der Waals surface area (Å²) in [5, 5.41) is 12.2. The van der Waals surface area contributed by atoms with E-state index in [4.69, 9.17) is 9.84 Å². The van der Waals surface area contributed by atoms with E-state index in [2.05, 4.69) is 5.32 Å². The number of ether oxygens (including phenoxy) is 1. The first-order valence-corrected chi connectivity index (χ1v) is 7.30. The smallest absolute Gasteiger partial charge is 0.345 e. The van der Waals surface area contributed by atoms with Gasteiger partial charge in [-0.3, -0.25) is 4.79 Å². The van der Waals surface area contributed by atoms with Crippen molar-refractivity contribution in [3.05, 3.63) is 46.8 Å². The highest BCUT2D eigenvalue weighted by molar-refractivity contribution is 7.18. The summed E-state index contributed by atoms with van der Waals surface area (Å²) in [5.41, 5.74) is 1.02. The van der Waals surface area contributed by atoms with Crippen molar-refractivity contribution in [2.75, 3.05) is 11.9 Å². The first-order valence-electron chi connectivity index (χ1n) is 6.48. The zero-order valence-corrected chi connectivity index (χ0v) is 11.9. The Balaban J connectivity index is 1.67. The highest BCUT2D eigenvalue weighted by Crippen LogP contribution is 2.28. The number of hydrogen-bond donors (Lipinski definition) is 2. The standard InChI is InChI=1S/C15H13NO4S/c17-14(16-13-6-5-12(21-13)15(18)19)10-7-9-3-1-2-4-11(9)20-8-10/h1-6,10H,7-8H2,(H,16,17)(H,18,19). The molecule has 6 heteroatoms. The lowest BCUT2D eigenvalue weighted by molar-refractivity contribution is -0.121. The normalized spacial score (nSPS) is 16.7. The van der Waals surface area contributed by atoms with Crippen molar-refractivity contribution in [3.8, 4) is 5.75 Å². The van der Waals surface area contributed by atoms with Crippen LogP contribution in [-0.4, -0.2) is 23.6 Å². The molecule has 0 fully saturated rings. The predicted octanol–water partition coefficient (Wildman–Crippen LogP) is 2.64. The van der Waals surface area contributed by atoms with Crippen LogP contribution >= 0.6 is 11.3 Å². The molecule has 1 atom stereocenters. The Hall–Kier alpha value is -2.34. The quantitative estimate of drug-likeness (QED) is 0.914. The maximum absolute atomic E-state index is 12.2. The van der Waals surface area contributed by atoms with Crippen LogP contribution < -0.4 is 10.1 Å². The number of aromatic carboxylic acids is 1. The second-order valence-electron chi connectivity index (χ2n) is 4.78. The van der Waals surface area contributed by atoms with Crippen molar-refractivity contribution >= 4 is 28.2 Å². The van der Waals surface area contributed by atoms with E-state index in [1.165, 1.54) is 6.07 Å². The number of amides is 1. The molecule has 1 aromatic carbocycles. The average molecular weight is 303 g/mol. The molecule has 2 aromatic rings. The first kappa shape index (κ1) is 13.6. The van der Waals surface area contributed by atoms with Gasteiger partial charge in [0.2, 0.25) is 5.91 Å². The maximum Gasteiger partial charge on any atom is 0.345 e. The molecule has 1 amide bonds. The summed E-state index contributed by atoms with van der Waals surface area (Å²) >= 11 is 1.05. The van der Waals surface area contributed by atoms with Gasteiger partial charge in [-0.2, -0.15) is 0 Å². The second kappa shape index (κ2) is 5.57. The van der Waals surface area contributed by atoms with Crippen LogP contribution in [0.5, 0.6) is 5.75 Å². The molecule has 21 heavy (non-hydrogen) atoms. The topological polar surface area (TPSA) is 75.6 Å². The molecule has 1 aromatic heterocycles. The van der Waals surface area contributed by atoms with Crippen molar-refractivity contribution in [1.82, 2.24) is 0 Å². The Morgan fingerprint density at radius 3 is 2.81 bits per heavy atom. The van der Waals surface area contributed by atoms with Crippen molar-refractivity contribution in [2.45, 2.75) is 6.42 Å². The summed E-state index contributed by atoms with van der Waals surface area (Å²) in [4.78, 5) is 23.2. The maximum atomic E-state index is 12.2. The molecular formula is C15H13NO4S. The van der Waals surface area contributed by atoms with Crippen molar-refractivity contribution in [3.63, 3.8) is 0 Å². The minimum atomic E-state index is -0.990. The minimum Gasteiger partial charge on any atom is -0.492 e. The number of carbonyl (C=O) groups is 2. The molecule has 5 nitrogen and oxygen atoms in total. The van der Waals surface area contributed by atoms with Gasteiger partial charge in [-0.1, -0.05) is 18.2 Å². The highest BCUT2D eigenvalue weighted by atomic mass is 32.1. The van der Waals surface area contributed by atoms with E-state index in [0.717, 1.165) is 22.6 Å². The van der Waals surface area contributed by atoms with Crippen molar-refractivity contribution < 1.29 is 19.4 Å². The van der Waals surface area contributed by atoms with Crippen molar-refractivity contribution in [2.24, 2.45) is 5.92 Å². The van der Waals surface area contributed by atoms with E-state index in [1.54, 1.807) is 6.07 Å². The Morgan fingerprint density at radius 1 is 1.24 bits per heavy atom. The third kappa shape index (κ3) is 2.90. The third-order valence-corrected chi connectivity index (χ3v) is 4.30. The van der Waals surface area contributed by atoms with Gasteiger partial charge >= 0.3 is 5.97 Å². The van der Waals surface area contributed by atoms with Crippen LogP contribution in [0.25, 0.3) is 0 Å². The predicted molar refractivity (Wildman–Crippen MR) is 79.0 cm³/mol. The van der Waals surface area contributed by atoms with Gasteiger partial charge in [0, 0.05) is 0 Å². The number of hydrogen-bond acceptors (Lipinski definition) is 4. The highest BCUT2D eigenvalue weighted by Gasteiger charge is 2.26. The Labute approximate surface area is 125 Å². The number of anilines is 1. The fourth-order valence-electron chi connectivity index (χ4n) is 2.24. The number of nitrogens with one attached hydrogen (secondary N) is 1. The molecule has 3 rings (SSSR count). The molecule has 2 N–H and O–H groups in total. The molecule has 108 valence electrons. The molecule has 1 aliphatic rings. The van der Waals surface area contributed by atoms with Gasteiger partial charge in [-0.25, -0.2) is 4.79 Å². The van der Waals surface area contributed by atoms with Gasteiger partial charge in [0.05, 0.1) is 10.9 Å². The van der Waals surface area contributed by atoms with E-state index >= 15 is 0 Å². The lowest BCUT2D eigenvalue weighted by Gasteiger charge is -2.24. The summed E-state index contributed by atoms with van der Waals surface area (Å²) in [5.74, 6) is -0.583. The summed E-state index contributed by atoms with van der Waals surface area (Å²) in [6.07, 6.45) is 0.624. The second-order valence-corrected chi connectivity index (χ2v) is 5.86. The number of rotatable bonds is 3. The van der Waals surface area contributed by atoms with Crippen LogP contribution in [-0.2, 0) is 11.2 Å². The monoisotopic (exact) mass is 303 g/mol. The van der Waals surface area contributed by atoms with E-state index < -0.39 is 5.97 Å². The van der Waals surface area contributed by atoms with Crippen LogP contribution in [0.2, 0.25) is 0 Å². The van der Waals surface area contributed by atoms with Crippen LogP contribution in [0.4, 0.5) is 5.00 Å². The molecule has 2 heterocycles. The summed E-state index contributed by atoms with van der Waals surface area (Å²) in [7, 11) is 0. The molecule has 0 radical (unpaired) electrons. The van der Waals surface area contributed by atoms with Gasteiger partial charge in [0.25, 0.3) is 0 Å². The zero-order valence-electron chi connectivity index (χ0n) is 11.0. The van der Waals surface area contributed by atoms with Crippen LogP contribution in [0.1, 0.15) is 15.2 Å². The molecule has 0 saturated heterocycles. The van der Waals surface area contributed by atoms with Crippen LogP contribution in [0.15, 0.2) is 36.4 Å². The molecule has 0 aliphatic carbocycles. The van der Waals surface area contributed by atoms with Crippen LogP contribution in [0, 0.1) is 5.92 Å². The van der Waals surface area contributed by atoms with Gasteiger partial charge in [0.15, 0.2) is 0 Å². The van der Waals surface area contributed by atoms with E-state index in [9.17, 15) is 9.59 Å². The largest absolute Gasteiger partial charge is 0.492 e. The van der Waals surface area contributed by atoms with Gasteiger partial charge in [0.1, 0.15) is 17.2 Å².